The van der Waals surface area contributed by atoms with Gasteiger partial charge in [-0.3, -0.25) is 4.99 Å². The standard InChI is InChI=1S/C21H24BrF3N2O2/c1-11-17(26-4)19(29-5)16(20(2,3)10-28)15-13-8-12(22)6-7-14(13)27(18(11)15)9-21(23,24)25/h6-8,16,19,28H,4,9-10H2,1-3,5H3/t16?,19-/m0/s1. The smallest absolute Gasteiger partial charge is 0.396 e. The van der Waals surface area contributed by atoms with Crippen LogP contribution in [0.4, 0.5) is 13.2 Å². The van der Waals surface area contributed by atoms with Crippen molar-refractivity contribution >= 4 is 39.1 Å². The maximum absolute atomic E-state index is 13.5. The highest BCUT2D eigenvalue weighted by molar-refractivity contribution is 9.10. The van der Waals surface area contributed by atoms with E-state index in [0.29, 0.717) is 27.9 Å². The van der Waals surface area contributed by atoms with Gasteiger partial charge in [-0.1, -0.05) is 29.8 Å². The van der Waals surface area contributed by atoms with E-state index in [1.807, 2.05) is 19.9 Å². The molecule has 8 heteroatoms. The summed E-state index contributed by atoms with van der Waals surface area (Å²) in [7, 11) is 1.54. The molecule has 0 spiro atoms. The number of halogens is 4. The molecule has 1 N–H and O–H groups in total. The SMILES string of the molecule is C=NC1=C(C)c2c(c3cc(Br)ccc3n2CC(F)(F)F)C(C(C)(C)CO)[C@@H]1OC. The van der Waals surface area contributed by atoms with Crippen molar-refractivity contribution in [1.82, 2.24) is 4.57 Å². The Morgan fingerprint density at radius 1 is 1.31 bits per heavy atom. The number of ether oxygens (including phenoxy) is 1. The molecule has 1 heterocycles. The van der Waals surface area contributed by atoms with Gasteiger partial charge in [0, 0.05) is 35.0 Å². The number of aliphatic hydroxyl groups excluding tert-OH is 1. The summed E-state index contributed by atoms with van der Waals surface area (Å²) in [5.74, 6) is -0.414. The van der Waals surface area contributed by atoms with Crippen molar-refractivity contribution in [3.8, 4) is 0 Å². The number of aliphatic imine (C=N–C) groups is 1. The van der Waals surface area contributed by atoms with E-state index in [1.165, 1.54) is 4.57 Å². The fraction of sp³-hybridized carbons (Fsp3) is 0.476. The average Bonchev–Trinajstić information content (AvgIpc) is 2.93. The maximum Gasteiger partial charge on any atom is 0.406 e. The first-order chi connectivity index (χ1) is 13.5. The van der Waals surface area contributed by atoms with E-state index in [2.05, 4.69) is 27.6 Å². The fourth-order valence-corrected chi connectivity index (χ4v) is 4.78. The summed E-state index contributed by atoms with van der Waals surface area (Å²) in [5.41, 5.74) is 2.11. The van der Waals surface area contributed by atoms with E-state index in [0.717, 1.165) is 10.0 Å². The predicted molar refractivity (Wildman–Crippen MR) is 112 cm³/mol. The summed E-state index contributed by atoms with van der Waals surface area (Å²) in [6, 6.07) is 5.24. The zero-order valence-corrected chi connectivity index (χ0v) is 18.4. The number of fused-ring (bicyclic) bond motifs is 3. The summed E-state index contributed by atoms with van der Waals surface area (Å²) in [4.78, 5) is 4.12. The average molecular weight is 473 g/mol. The highest BCUT2D eigenvalue weighted by atomic mass is 79.9. The third-order valence-corrected chi connectivity index (χ3v) is 6.19. The van der Waals surface area contributed by atoms with Gasteiger partial charge in [-0.2, -0.15) is 13.2 Å². The summed E-state index contributed by atoms with van der Waals surface area (Å²) in [6.07, 6.45) is -4.93. The van der Waals surface area contributed by atoms with Crippen LogP contribution in [0.25, 0.3) is 16.5 Å². The first kappa shape index (κ1) is 22.1. The topological polar surface area (TPSA) is 46.8 Å². The molecule has 0 saturated carbocycles. The normalized spacial score (nSPS) is 20.3. The number of rotatable bonds is 5. The van der Waals surface area contributed by atoms with Crippen LogP contribution in [0.5, 0.6) is 0 Å². The number of benzene rings is 1. The molecule has 1 aliphatic carbocycles. The Balaban J connectivity index is 2.50. The first-order valence-electron chi connectivity index (χ1n) is 9.16. The quantitative estimate of drug-likeness (QED) is 0.581. The van der Waals surface area contributed by atoms with Crippen molar-refractivity contribution in [3.63, 3.8) is 0 Å². The van der Waals surface area contributed by atoms with E-state index in [-0.39, 0.29) is 6.61 Å². The summed E-state index contributed by atoms with van der Waals surface area (Å²) in [5, 5.41) is 10.8. The molecule has 0 aliphatic heterocycles. The molecule has 0 bridgehead atoms. The van der Waals surface area contributed by atoms with Crippen LogP contribution in [0, 0.1) is 5.41 Å². The van der Waals surface area contributed by atoms with Crippen LogP contribution in [0.1, 0.15) is 37.9 Å². The van der Waals surface area contributed by atoms with Gasteiger partial charge < -0.3 is 14.4 Å². The van der Waals surface area contributed by atoms with Gasteiger partial charge in [0.05, 0.1) is 11.4 Å². The molecule has 2 aromatic rings. The molecular formula is C21H24BrF3N2O2. The molecule has 4 nitrogen and oxygen atoms in total. The molecular weight excluding hydrogens is 449 g/mol. The number of allylic oxidation sites excluding steroid dienone is 1. The van der Waals surface area contributed by atoms with Crippen LogP contribution in [0.15, 0.2) is 33.4 Å². The highest BCUT2D eigenvalue weighted by Gasteiger charge is 2.46. The van der Waals surface area contributed by atoms with Gasteiger partial charge in [0.15, 0.2) is 0 Å². The van der Waals surface area contributed by atoms with E-state index < -0.39 is 30.2 Å². The second-order valence-electron chi connectivity index (χ2n) is 8.07. The van der Waals surface area contributed by atoms with Gasteiger partial charge in [0.2, 0.25) is 0 Å². The third kappa shape index (κ3) is 3.66. The Kier molecular flexibility index (Phi) is 5.75. The number of hydrogen-bond acceptors (Lipinski definition) is 3. The van der Waals surface area contributed by atoms with Crippen molar-refractivity contribution in [2.75, 3.05) is 13.7 Å². The highest BCUT2D eigenvalue weighted by Crippen LogP contribution is 2.52. The molecule has 158 valence electrons. The zero-order valence-electron chi connectivity index (χ0n) is 16.8. The van der Waals surface area contributed by atoms with E-state index in [1.54, 1.807) is 26.2 Å². The predicted octanol–water partition coefficient (Wildman–Crippen LogP) is 5.53. The molecule has 29 heavy (non-hydrogen) atoms. The van der Waals surface area contributed by atoms with Crippen LogP contribution in [-0.4, -0.2) is 42.4 Å². The lowest BCUT2D eigenvalue weighted by atomic mass is 9.67. The molecule has 3 rings (SSSR count). The Labute approximate surface area is 176 Å². The van der Waals surface area contributed by atoms with Crippen LogP contribution < -0.4 is 0 Å². The van der Waals surface area contributed by atoms with Gasteiger partial charge in [0.25, 0.3) is 0 Å². The number of methoxy groups -OCH3 is 1. The molecule has 0 saturated heterocycles. The van der Waals surface area contributed by atoms with Crippen molar-refractivity contribution in [2.45, 2.75) is 45.5 Å². The molecule has 1 unspecified atom stereocenters. The number of aromatic nitrogens is 1. The molecule has 0 fully saturated rings. The number of hydrogen-bond donors (Lipinski definition) is 1. The van der Waals surface area contributed by atoms with Crippen LogP contribution in [0.3, 0.4) is 0 Å². The van der Waals surface area contributed by atoms with Crippen molar-refractivity contribution in [3.05, 3.63) is 39.6 Å². The first-order valence-corrected chi connectivity index (χ1v) is 9.96. The lowest BCUT2D eigenvalue weighted by Gasteiger charge is -2.41. The largest absolute Gasteiger partial charge is 0.406 e. The van der Waals surface area contributed by atoms with Gasteiger partial charge in [0.1, 0.15) is 12.6 Å². The minimum atomic E-state index is -4.39. The van der Waals surface area contributed by atoms with Crippen molar-refractivity contribution in [1.29, 1.82) is 0 Å². The van der Waals surface area contributed by atoms with Crippen LogP contribution in [0.2, 0.25) is 0 Å². The Morgan fingerprint density at radius 2 is 1.97 bits per heavy atom. The van der Waals surface area contributed by atoms with E-state index >= 15 is 0 Å². The second-order valence-corrected chi connectivity index (χ2v) is 8.99. The maximum atomic E-state index is 13.5. The third-order valence-electron chi connectivity index (χ3n) is 5.70. The minimum absolute atomic E-state index is 0.166. The Bertz CT molecular complexity index is 992. The van der Waals surface area contributed by atoms with E-state index in [4.69, 9.17) is 4.74 Å². The number of aliphatic hydroxyl groups is 1. The monoisotopic (exact) mass is 472 g/mol. The lowest BCUT2D eigenvalue weighted by molar-refractivity contribution is -0.140. The summed E-state index contributed by atoms with van der Waals surface area (Å²) < 4.78 is 48.3. The van der Waals surface area contributed by atoms with Crippen molar-refractivity contribution < 1.29 is 23.0 Å². The zero-order chi connectivity index (χ0) is 21.7. The van der Waals surface area contributed by atoms with E-state index in [9.17, 15) is 18.3 Å². The Morgan fingerprint density at radius 3 is 2.48 bits per heavy atom. The van der Waals surface area contributed by atoms with Gasteiger partial charge in [-0.15, -0.1) is 0 Å². The number of nitrogens with zero attached hydrogens (tertiary/aromatic N) is 2. The van der Waals surface area contributed by atoms with Crippen LogP contribution in [-0.2, 0) is 11.3 Å². The molecule has 1 aromatic carbocycles. The summed E-state index contributed by atoms with van der Waals surface area (Å²) in [6.45, 7) is 7.84. The molecule has 1 aromatic heterocycles. The molecule has 0 amide bonds. The summed E-state index contributed by atoms with van der Waals surface area (Å²) >= 11 is 3.44. The lowest BCUT2D eigenvalue weighted by Crippen LogP contribution is -2.39. The van der Waals surface area contributed by atoms with Crippen LogP contribution >= 0.6 is 15.9 Å². The minimum Gasteiger partial charge on any atom is -0.396 e. The van der Waals surface area contributed by atoms with Gasteiger partial charge >= 0.3 is 6.18 Å². The van der Waals surface area contributed by atoms with Crippen molar-refractivity contribution in [2.24, 2.45) is 10.4 Å². The molecule has 1 aliphatic rings. The number of alkyl halides is 3. The van der Waals surface area contributed by atoms with Gasteiger partial charge in [-0.25, -0.2) is 0 Å². The Hall–Kier alpha value is -1.64. The fourth-order valence-electron chi connectivity index (χ4n) is 4.41. The molecule has 2 atom stereocenters. The van der Waals surface area contributed by atoms with Gasteiger partial charge in [-0.05, 0) is 48.4 Å². The molecule has 0 radical (unpaired) electrons. The second kappa shape index (κ2) is 7.56.